The van der Waals surface area contributed by atoms with E-state index in [1.807, 2.05) is 0 Å². The molecule has 0 aromatic carbocycles. The second-order valence-electron chi connectivity index (χ2n) is 5.01. The van der Waals surface area contributed by atoms with E-state index in [2.05, 4.69) is 9.71 Å². The van der Waals surface area contributed by atoms with Crippen LogP contribution < -0.4 is 10.5 Å². The fourth-order valence-electron chi connectivity index (χ4n) is 2.35. The van der Waals surface area contributed by atoms with Gasteiger partial charge in [0.15, 0.2) is 10.8 Å². The largest absolute Gasteiger partial charge is 0.381 e. The Balaban J connectivity index is 2.07. The summed E-state index contributed by atoms with van der Waals surface area (Å²) in [6.07, 6.45) is 2.71. The van der Waals surface area contributed by atoms with Crippen LogP contribution in [0.2, 0.25) is 0 Å². The summed E-state index contributed by atoms with van der Waals surface area (Å²) in [5, 5.41) is -0.0582. The van der Waals surface area contributed by atoms with Crippen molar-refractivity contribution in [2.75, 3.05) is 18.8 Å². The van der Waals surface area contributed by atoms with Gasteiger partial charge in [0.2, 0.25) is 5.91 Å². The quantitative estimate of drug-likeness (QED) is 0.746. The Morgan fingerprint density at radius 2 is 2.25 bits per heavy atom. The lowest BCUT2D eigenvalue weighted by molar-refractivity contribution is -0.127. The number of nitrogens with two attached hydrogens (primary N) is 1. The number of rotatable bonds is 5. The first-order valence-electron chi connectivity index (χ1n) is 6.38. The summed E-state index contributed by atoms with van der Waals surface area (Å²) in [5.41, 5.74) is 5.57. The van der Waals surface area contributed by atoms with Gasteiger partial charge in [-0.2, -0.15) is 0 Å². The smallest absolute Gasteiger partial charge is 0.260 e. The molecule has 1 amide bonds. The minimum atomic E-state index is -3.75. The molecule has 112 valence electrons. The van der Waals surface area contributed by atoms with Gasteiger partial charge in [-0.3, -0.25) is 4.79 Å². The lowest BCUT2D eigenvalue weighted by Gasteiger charge is -2.21. The molecule has 0 aliphatic carbocycles. The number of carbonyl (C=O) groups excluding carboxylic acids is 1. The van der Waals surface area contributed by atoms with Crippen LogP contribution in [0, 0.1) is 0 Å². The van der Waals surface area contributed by atoms with Gasteiger partial charge in [0, 0.05) is 32.6 Å². The van der Waals surface area contributed by atoms with Crippen molar-refractivity contribution in [1.82, 2.24) is 19.2 Å². The van der Waals surface area contributed by atoms with Crippen molar-refractivity contribution in [1.29, 1.82) is 0 Å². The maximum absolute atomic E-state index is 12.2. The standard InChI is InChI=1S/C11H19N5O3S/c1-8(6-16-5-3-4-9(16)17)14-20(18,19)11-10(12)13-7-15(11)2/h7-8,14H,3-6,12H2,1-2H3. The third-order valence-corrected chi connectivity index (χ3v) is 4.90. The monoisotopic (exact) mass is 301 g/mol. The zero-order valence-electron chi connectivity index (χ0n) is 11.5. The molecule has 2 rings (SSSR count). The van der Waals surface area contributed by atoms with Crippen LogP contribution in [0.4, 0.5) is 5.82 Å². The predicted molar refractivity (Wildman–Crippen MR) is 73.2 cm³/mol. The molecule has 0 radical (unpaired) electrons. The number of sulfonamides is 1. The number of nitrogens with one attached hydrogen (secondary N) is 1. The highest BCUT2D eigenvalue weighted by atomic mass is 32.2. The van der Waals surface area contributed by atoms with Crippen molar-refractivity contribution in [2.45, 2.75) is 30.8 Å². The summed E-state index contributed by atoms with van der Waals surface area (Å²) in [6.45, 7) is 2.75. The Morgan fingerprint density at radius 3 is 2.75 bits per heavy atom. The number of aromatic nitrogens is 2. The molecule has 1 aromatic rings. The average Bonchev–Trinajstić information content (AvgIpc) is 2.85. The molecule has 1 saturated heterocycles. The number of imidazole rings is 1. The Bertz CT molecular complexity index is 590. The molecular weight excluding hydrogens is 282 g/mol. The molecule has 9 heteroatoms. The Morgan fingerprint density at radius 1 is 1.55 bits per heavy atom. The molecule has 1 aliphatic rings. The van der Waals surface area contributed by atoms with E-state index in [0.717, 1.165) is 6.42 Å². The molecule has 0 saturated carbocycles. The summed E-state index contributed by atoms with van der Waals surface area (Å²) in [7, 11) is -2.19. The lowest BCUT2D eigenvalue weighted by atomic mass is 10.3. The molecule has 0 spiro atoms. The first-order valence-corrected chi connectivity index (χ1v) is 7.86. The molecule has 0 bridgehead atoms. The number of carbonyl (C=O) groups is 1. The number of amides is 1. The first kappa shape index (κ1) is 14.8. The summed E-state index contributed by atoms with van der Waals surface area (Å²) in [4.78, 5) is 17.0. The third kappa shape index (κ3) is 2.93. The van der Waals surface area contributed by atoms with Crippen LogP contribution in [0.1, 0.15) is 19.8 Å². The number of likely N-dealkylation sites (tertiary alicyclic amines) is 1. The fraction of sp³-hybridized carbons (Fsp3) is 0.636. The SMILES string of the molecule is CC(CN1CCCC1=O)NS(=O)(=O)c1c(N)ncn1C. The highest BCUT2D eigenvalue weighted by molar-refractivity contribution is 7.89. The Hall–Kier alpha value is -1.61. The van der Waals surface area contributed by atoms with Gasteiger partial charge < -0.3 is 15.2 Å². The summed E-state index contributed by atoms with van der Waals surface area (Å²) < 4.78 is 28.4. The summed E-state index contributed by atoms with van der Waals surface area (Å²) >= 11 is 0. The highest BCUT2D eigenvalue weighted by Gasteiger charge is 2.27. The van der Waals surface area contributed by atoms with Gasteiger partial charge in [-0.05, 0) is 13.3 Å². The zero-order chi connectivity index (χ0) is 14.9. The van der Waals surface area contributed by atoms with Crippen LogP contribution >= 0.6 is 0 Å². The third-order valence-electron chi connectivity index (χ3n) is 3.19. The maximum atomic E-state index is 12.2. The number of hydrogen-bond acceptors (Lipinski definition) is 5. The van der Waals surface area contributed by atoms with E-state index >= 15 is 0 Å². The van der Waals surface area contributed by atoms with Crippen LogP contribution in [0.5, 0.6) is 0 Å². The number of hydrogen-bond donors (Lipinski definition) is 2. The number of nitrogen functional groups attached to an aromatic ring is 1. The van der Waals surface area contributed by atoms with Gasteiger partial charge in [0.1, 0.15) is 0 Å². The minimum Gasteiger partial charge on any atom is -0.381 e. The van der Waals surface area contributed by atoms with Gasteiger partial charge in [0.25, 0.3) is 10.0 Å². The molecule has 20 heavy (non-hydrogen) atoms. The Kier molecular flexibility index (Phi) is 4.00. The topological polar surface area (TPSA) is 110 Å². The van der Waals surface area contributed by atoms with Crippen molar-refractivity contribution in [2.24, 2.45) is 7.05 Å². The van der Waals surface area contributed by atoms with Crippen LogP contribution in [0.25, 0.3) is 0 Å². The second kappa shape index (κ2) is 5.41. The van der Waals surface area contributed by atoms with Gasteiger partial charge in [-0.25, -0.2) is 18.1 Å². The van der Waals surface area contributed by atoms with Crippen LogP contribution in [-0.4, -0.2) is 47.9 Å². The van der Waals surface area contributed by atoms with Gasteiger partial charge in [-0.1, -0.05) is 0 Å². The molecule has 1 aliphatic heterocycles. The van der Waals surface area contributed by atoms with Gasteiger partial charge >= 0.3 is 0 Å². The van der Waals surface area contributed by atoms with Crippen LogP contribution in [0.15, 0.2) is 11.4 Å². The zero-order valence-corrected chi connectivity index (χ0v) is 12.4. The normalized spacial score (nSPS) is 17.7. The fourth-order valence-corrected chi connectivity index (χ4v) is 3.82. The average molecular weight is 301 g/mol. The van der Waals surface area contributed by atoms with Crippen molar-refractivity contribution >= 4 is 21.7 Å². The van der Waals surface area contributed by atoms with Gasteiger partial charge in [-0.15, -0.1) is 0 Å². The van der Waals surface area contributed by atoms with E-state index in [1.54, 1.807) is 18.9 Å². The van der Waals surface area contributed by atoms with E-state index in [4.69, 9.17) is 5.73 Å². The molecule has 1 fully saturated rings. The Labute approximate surface area is 118 Å². The lowest BCUT2D eigenvalue weighted by Crippen LogP contribution is -2.42. The molecule has 8 nitrogen and oxygen atoms in total. The van der Waals surface area contributed by atoms with E-state index in [-0.39, 0.29) is 16.8 Å². The summed E-state index contributed by atoms with van der Waals surface area (Å²) in [6, 6.07) is -0.392. The van der Waals surface area contributed by atoms with Crippen molar-refractivity contribution in [3.63, 3.8) is 0 Å². The van der Waals surface area contributed by atoms with Gasteiger partial charge in [0.05, 0.1) is 6.33 Å². The molecular formula is C11H19N5O3S. The molecule has 2 heterocycles. The number of anilines is 1. The highest BCUT2D eigenvalue weighted by Crippen LogP contribution is 2.16. The molecule has 3 N–H and O–H groups in total. The first-order chi connectivity index (χ1) is 9.31. The second-order valence-corrected chi connectivity index (χ2v) is 6.64. The summed E-state index contributed by atoms with van der Waals surface area (Å²) in [5.74, 6) is 0.0283. The van der Waals surface area contributed by atoms with Crippen LogP contribution in [-0.2, 0) is 21.9 Å². The molecule has 1 unspecified atom stereocenters. The molecule has 1 aromatic heterocycles. The van der Waals surface area contributed by atoms with Crippen molar-refractivity contribution < 1.29 is 13.2 Å². The minimum absolute atomic E-state index is 0.0375. The van der Waals surface area contributed by atoms with Crippen molar-refractivity contribution in [3.05, 3.63) is 6.33 Å². The van der Waals surface area contributed by atoms with E-state index in [0.29, 0.717) is 19.5 Å². The maximum Gasteiger partial charge on any atom is 0.260 e. The van der Waals surface area contributed by atoms with Crippen molar-refractivity contribution in [3.8, 4) is 0 Å². The van der Waals surface area contributed by atoms with E-state index < -0.39 is 16.1 Å². The molecule has 1 atom stereocenters. The number of nitrogens with zero attached hydrogens (tertiary/aromatic N) is 3. The van der Waals surface area contributed by atoms with E-state index in [9.17, 15) is 13.2 Å². The number of aryl methyl sites for hydroxylation is 1. The predicted octanol–water partition coefficient (Wildman–Crippen LogP) is -0.708. The van der Waals surface area contributed by atoms with E-state index in [1.165, 1.54) is 10.9 Å². The van der Waals surface area contributed by atoms with Crippen LogP contribution in [0.3, 0.4) is 0 Å².